The third-order valence-electron chi connectivity index (χ3n) is 4.60. The minimum absolute atomic E-state index is 0.126. The summed E-state index contributed by atoms with van der Waals surface area (Å²) in [5, 5.41) is 11.6. The maximum absolute atomic E-state index is 13.4. The van der Waals surface area contributed by atoms with Crippen LogP contribution in [0.25, 0.3) is 6.08 Å². The van der Waals surface area contributed by atoms with Crippen molar-refractivity contribution >= 4 is 50.6 Å². The SMILES string of the molecule is CCOC(=O)C1=C(C)N=c2sc(=Cc3ccc(O)c(Br)c3)c(=O)n2C1c1cccs1. The van der Waals surface area contributed by atoms with Crippen LogP contribution in [0.5, 0.6) is 5.75 Å². The Morgan fingerprint density at radius 1 is 1.40 bits per heavy atom. The summed E-state index contributed by atoms with van der Waals surface area (Å²) in [6.07, 6.45) is 1.75. The van der Waals surface area contributed by atoms with E-state index >= 15 is 0 Å². The van der Waals surface area contributed by atoms with Crippen LogP contribution in [-0.4, -0.2) is 22.2 Å². The maximum atomic E-state index is 13.4. The van der Waals surface area contributed by atoms with Crippen molar-refractivity contribution in [2.75, 3.05) is 6.61 Å². The van der Waals surface area contributed by atoms with E-state index in [0.717, 1.165) is 10.4 Å². The molecule has 3 heterocycles. The van der Waals surface area contributed by atoms with Crippen LogP contribution in [0, 0.1) is 0 Å². The Morgan fingerprint density at radius 3 is 2.87 bits per heavy atom. The smallest absolute Gasteiger partial charge is 0.338 e. The number of aromatic hydroxyl groups is 1. The predicted molar refractivity (Wildman–Crippen MR) is 121 cm³/mol. The molecule has 1 aromatic carbocycles. The zero-order valence-electron chi connectivity index (χ0n) is 16.1. The van der Waals surface area contributed by atoms with Crippen LogP contribution >= 0.6 is 38.6 Å². The molecule has 6 nitrogen and oxygen atoms in total. The number of phenols is 1. The number of fused-ring (bicyclic) bond motifs is 1. The van der Waals surface area contributed by atoms with Crippen LogP contribution in [0.3, 0.4) is 0 Å². The monoisotopic (exact) mass is 504 g/mol. The van der Waals surface area contributed by atoms with E-state index < -0.39 is 12.0 Å². The summed E-state index contributed by atoms with van der Waals surface area (Å²) in [4.78, 5) is 32.0. The van der Waals surface area contributed by atoms with Crippen molar-refractivity contribution in [3.63, 3.8) is 0 Å². The quantitative estimate of drug-likeness (QED) is 0.552. The molecular weight excluding hydrogens is 488 g/mol. The molecule has 4 rings (SSSR count). The van der Waals surface area contributed by atoms with Gasteiger partial charge in [0, 0.05) is 4.88 Å². The Balaban J connectivity index is 1.93. The molecule has 0 aliphatic carbocycles. The molecule has 0 fully saturated rings. The first-order chi connectivity index (χ1) is 14.4. The van der Waals surface area contributed by atoms with Gasteiger partial charge in [-0.1, -0.05) is 23.5 Å². The largest absolute Gasteiger partial charge is 0.507 e. The summed E-state index contributed by atoms with van der Waals surface area (Å²) in [5.74, 6) is -0.338. The molecule has 154 valence electrons. The van der Waals surface area contributed by atoms with Crippen LogP contribution in [0.2, 0.25) is 0 Å². The van der Waals surface area contributed by atoms with E-state index in [1.807, 2.05) is 17.5 Å². The highest BCUT2D eigenvalue weighted by Crippen LogP contribution is 2.33. The fourth-order valence-corrected chi connectivity index (χ4v) is 5.54. The summed E-state index contributed by atoms with van der Waals surface area (Å²) in [5.41, 5.74) is 1.47. The van der Waals surface area contributed by atoms with Gasteiger partial charge in [-0.25, -0.2) is 9.79 Å². The second kappa shape index (κ2) is 8.33. The average Bonchev–Trinajstić information content (AvgIpc) is 3.33. The number of carbonyl (C=O) groups excluding carboxylic acids is 1. The summed E-state index contributed by atoms with van der Waals surface area (Å²) in [6, 6.07) is 8.24. The normalized spacial score (nSPS) is 16.4. The van der Waals surface area contributed by atoms with Crippen molar-refractivity contribution in [1.82, 2.24) is 4.57 Å². The lowest BCUT2D eigenvalue weighted by molar-refractivity contribution is -0.139. The Hall–Kier alpha value is -2.49. The van der Waals surface area contributed by atoms with E-state index in [-0.39, 0.29) is 17.9 Å². The van der Waals surface area contributed by atoms with Crippen molar-refractivity contribution in [2.45, 2.75) is 19.9 Å². The molecule has 2 aromatic heterocycles. The van der Waals surface area contributed by atoms with Crippen molar-refractivity contribution in [3.8, 4) is 5.75 Å². The Kier molecular flexibility index (Phi) is 5.77. The van der Waals surface area contributed by atoms with Crippen molar-refractivity contribution in [3.05, 3.63) is 81.6 Å². The summed E-state index contributed by atoms with van der Waals surface area (Å²) in [6.45, 7) is 3.76. The van der Waals surface area contributed by atoms with E-state index in [1.165, 1.54) is 22.7 Å². The molecule has 30 heavy (non-hydrogen) atoms. The summed E-state index contributed by atoms with van der Waals surface area (Å²) < 4.78 is 7.86. The Bertz CT molecular complexity index is 1340. The van der Waals surface area contributed by atoms with Gasteiger partial charge in [-0.2, -0.15) is 0 Å². The molecule has 0 amide bonds. The lowest BCUT2D eigenvalue weighted by Gasteiger charge is -2.23. The highest BCUT2D eigenvalue weighted by atomic mass is 79.9. The number of benzene rings is 1. The third-order valence-corrected chi connectivity index (χ3v) is 7.14. The van der Waals surface area contributed by atoms with Gasteiger partial charge in [-0.15, -0.1) is 11.3 Å². The van der Waals surface area contributed by atoms with Gasteiger partial charge in [-0.3, -0.25) is 9.36 Å². The molecule has 3 aromatic rings. The molecule has 1 atom stereocenters. The van der Waals surface area contributed by atoms with Crippen LogP contribution < -0.4 is 14.9 Å². The molecule has 1 N–H and O–H groups in total. The van der Waals surface area contributed by atoms with Gasteiger partial charge in [0.15, 0.2) is 4.80 Å². The fraction of sp³-hybridized carbons (Fsp3) is 0.190. The van der Waals surface area contributed by atoms with Gasteiger partial charge in [0.05, 0.1) is 26.9 Å². The number of ether oxygens (including phenoxy) is 1. The predicted octanol–water partition coefficient (Wildman–Crippen LogP) is 3.33. The van der Waals surface area contributed by atoms with E-state index in [1.54, 1.807) is 42.7 Å². The average molecular weight is 505 g/mol. The number of phenolic OH excluding ortho intramolecular Hbond substituents is 1. The molecule has 0 spiro atoms. The number of thiophene rings is 1. The van der Waals surface area contributed by atoms with E-state index in [2.05, 4.69) is 20.9 Å². The number of aromatic nitrogens is 1. The number of carbonyl (C=O) groups is 1. The van der Waals surface area contributed by atoms with Crippen molar-refractivity contribution in [2.24, 2.45) is 4.99 Å². The first-order valence-electron chi connectivity index (χ1n) is 9.12. The minimum Gasteiger partial charge on any atom is -0.507 e. The zero-order chi connectivity index (χ0) is 21.4. The molecule has 0 radical (unpaired) electrons. The highest BCUT2D eigenvalue weighted by Gasteiger charge is 2.33. The Labute approximate surface area is 188 Å². The summed E-state index contributed by atoms with van der Waals surface area (Å²) >= 11 is 6.04. The number of halogens is 1. The third kappa shape index (κ3) is 3.68. The number of allylic oxidation sites excluding steroid dienone is 1. The van der Waals surface area contributed by atoms with Gasteiger partial charge < -0.3 is 9.84 Å². The highest BCUT2D eigenvalue weighted by molar-refractivity contribution is 9.10. The molecule has 9 heteroatoms. The lowest BCUT2D eigenvalue weighted by atomic mass is 10.0. The van der Waals surface area contributed by atoms with E-state index in [9.17, 15) is 14.7 Å². The molecule has 1 aliphatic rings. The number of esters is 1. The number of hydrogen-bond acceptors (Lipinski definition) is 7. The molecule has 0 saturated carbocycles. The number of rotatable bonds is 4. The molecule has 0 bridgehead atoms. The number of nitrogens with zero attached hydrogens (tertiary/aromatic N) is 2. The van der Waals surface area contributed by atoms with E-state index in [0.29, 0.717) is 25.1 Å². The van der Waals surface area contributed by atoms with Crippen LogP contribution in [-0.2, 0) is 9.53 Å². The van der Waals surface area contributed by atoms with Gasteiger partial charge in [-0.05, 0) is 65.0 Å². The number of hydrogen-bond donors (Lipinski definition) is 1. The van der Waals surface area contributed by atoms with Gasteiger partial charge in [0.2, 0.25) is 0 Å². The first-order valence-corrected chi connectivity index (χ1v) is 11.6. The zero-order valence-corrected chi connectivity index (χ0v) is 19.3. The molecule has 1 aliphatic heterocycles. The second-order valence-corrected chi connectivity index (χ2v) is 9.37. The summed E-state index contributed by atoms with van der Waals surface area (Å²) in [7, 11) is 0. The van der Waals surface area contributed by atoms with Crippen molar-refractivity contribution < 1.29 is 14.6 Å². The van der Waals surface area contributed by atoms with Crippen LogP contribution in [0.4, 0.5) is 0 Å². The standard InChI is InChI=1S/C21H17BrN2O4S2/c1-3-28-20(27)17-11(2)23-21-24(18(17)15-5-4-8-29-15)19(26)16(30-21)10-12-6-7-14(25)13(22)9-12/h4-10,18,25H,3H2,1-2H3. The van der Waals surface area contributed by atoms with Gasteiger partial charge in [0.25, 0.3) is 5.56 Å². The number of thiazole rings is 1. The Morgan fingerprint density at radius 2 is 2.20 bits per heavy atom. The lowest BCUT2D eigenvalue weighted by Crippen LogP contribution is -2.39. The van der Waals surface area contributed by atoms with Crippen LogP contribution in [0.1, 0.15) is 30.3 Å². The molecule has 1 unspecified atom stereocenters. The van der Waals surface area contributed by atoms with Crippen molar-refractivity contribution in [1.29, 1.82) is 0 Å². The molecular formula is C21H17BrN2O4S2. The van der Waals surface area contributed by atoms with Gasteiger partial charge in [0.1, 0.15) is 11.8 Å². The second-order valence-electron chi connectivity index (χ2n) is 6.53. The molecule has 0 saturated heterocycles. The fourth-order valence-electron chi connectivity index (χ4n) is 3.27. The maximum Gasteiger partial charge on any atom is 0.338 e. The van der Waals surface area contributed by atoms with Gasteiger partial charge >= 0.3 is 5.97 Å². The van der Waals surface area contributed by atoms with Crippen LogP contribution in [0.15, 0.2) is 61.2 Å². The van der Waals surface area contributed by atoms with E-state index in [4.69, 9.17) is 4.74 Å². The topological polar surface area (TPSA) is 80.9 Å². The first kappa shape index (κ1) is 20.8. The minimum atomic E-state index is -0.575.